The van der Waals surface area contributed by atoms with Crippen LogP contribution in [0.4, 0.5) is 0 Å². The van der Waals surface area contributed by atoms with Gasteiger partial charge in [-0.15, -0.1) is 3.96 Å². The topological polar surface area (TPSA) is 38.0 Å². The summed E-state index contributed by atoms with van der Waals surface area (Å²) in [6.07, 6.45) is 1.77. The monoisotopic (exact) mass is 318 g/mol. The van der Waals surface area contributed by atoms with Crippen molar-refractivity contribution in [3.8, 4) is 10.4 Å². The van der Waals surface area contributed by atoms with Gasteiger partial charge < -0.3 is 0 Å². The van der Waals surface area contributed by atoms with E-state index in [1.165, 1.54) is 11.8 Å². The van der Waals surface area contributed by atoms with E-state index < -0.39 is 5.25 Å². The van der Waals surface area contributed by atoms with Crippen LogP contribution < -0.4 is 3.96 Å². The average Bonchev–Trinajstić information content (AvgIpc) is 2.85. The Labute approximate surface area is 132 Å². The molecule has 5 heteroatoms. The maximum Gasteiger partial charge on any atom is 0.255 e. The molecule has 3 nitrogen and oxygen atoms in total. The molecule has 0 unspecified atom stereocenters. The molecule has 21 heavy (non-hydrogen) atoms. The molecule has 1 aliphatic rings. The normalized spacial score (nSPS) is 16.4. The van der Waals surface area contributed by atoms with E-state index in [-0.39, 0.29) is 11.6 Å². The van der Waals surface area contributed by atoms with E-state index >= 15 is 0 Å². The van der Waals surface area contributed by atoms with Gasteiger partial charge in [0.25, 0.3) is 5.03 Å². The molecule has 0 bridgehead atoms. The van der Waals surface area contributed by atoms with Gasteiger partial charge in [-0.25, -0.2) is 0 Å². The first-order valence-corrected chi connectivity index (χ1v) is 8.58. The Morgan fingerprint density at radius 3 is 2.48 bits per heavy atom. The first-order chi connectivity index (χ1) is 10.1. The van der Waals surface area contributed by atoms with E-state index in [2.05, 4.69) is 18.2 Å². The molecular weight excluding hydrogens is 302 g/mol. The van der Waals surface area contributed by atoms with Gasteiger partial charge in [0, 0.05) is 18.9 Å². The SMILES string of the molecule is C[n+]1sc(-c2ccccc2)cc1SC1C(=O)CCCC1=O. The van der Waals surface area contributed by atoms with Gasteiger partial charge in [0.05, 0.1) is 0 Å². The lowest BCUT2D eigenvalue weighted by atomic mass is 9.98. The van der Waals surface area contributed by atoms with Gasteiger partial charge in [0.2, 0.25) is 0 Å². The summed E-state index contributed by atoms with van der Waals surface area (Å²) in [6.45, 7) is 0. The second kappa shape index (κ2) is 6.12. The van der Waals surface area contributed by atoms with Gasteiger partial charge in [-0.3, -0.25) is 9.59 Å². The number of carbonyl (C=O) groups is 2. The molecule has 2 aromatic rings. The lowest BCUT2D eigenvalue weighted by molar-refractivity contribution is -0.640. The van der Waals surface area contributed by atoms with Crippen LogP contribution in [0.2, 0.25) is 0 Å². The summed E-state index contributed by atoms with van der Waals surface area (Å²) >= 11 is 3.03. The highest BCUT2D eigenvalue weighted by atomic mass is 32.2. The minimum atomic E-state index is -0.511. The average molecular weight is 318 g/mol. The minimum Gasteiger partial charge on any atom is -0.298 e. The lowest BCUT2D eigenvalue weighted by Gasteiger charge is -2.16. The summed E-state index contributed by atoms with van der Waals surface area (Å²) in [5.41, 5.74) is 1.16. The number of aromatic nitrogens is 1. The highest BCUT2D eigenvalue weighted by Gasteiger charge is 2.34. The number of hydrogen-bond donors (Lipinski definition) is 0. The molecule has 0 radical (unpaired) electrons. The molecule has 1 aromatic carbocycles. The summed E-state index contributed by atoms with van der Waals surface area (Å²) in [7, 11) is 1.97. The van der Waals surface area contributed by atoms with Gasteiger partial charge in [-0.2, -0.15) is 0 Å². The zero-order valence-corrected chi connectivity index (χ0v) is 13.4. The van der Waals surface area contributed by atoms with Gasteiger partial charge >= 0.3 is 0 Å². The Balaban J connectivity index is 1.85. The molecule has 0 spiro atoms. The zero-order valence-electron chi connectivity index (χ0n) is 11.7. The van der Waals surface area contributed by atoms with Crippen molar-refractivity contribution in [2.24, 2.45) is 7.05 Å². The number of aryl methyl sites for hydroxylation is 1. The summed E-state index contributed by atoms with van der Waals surface area (Å²) in [5, 5.41) is 0.468. The van der Waals surface area contributed by atoms with Crippen LogP contribution in [0, 0.1) is 0 Å². The molecule has 0 aliphatic heterocycles. The Bertz CT molecular complexity index is 663. The van der Waals surface area contributed by atoms with E-state index in [1.54, 1.807) is 11.5 Å². The number of carbonyl (C=O) groups excluding carboxylic acids is 2. The molecule has 0 N–H and O–H groups in total. The van der Waals surface area contributed by atoms with Crippen LogP contribution >= 0.6 is 23.3 Å². The number of ketones is 2. The van der Waals surface area contributed by atoms with Crippen molar-refractivity contribution < 1.29 is 13.5 Å². The maximum atomic E-state index is 11.9. The predicted molar refractivity (Wildman–Crippen MR) is 84.4 cm³/mol. The number of nitrogens with zero attached hydrogens (tertiary/aromatic N) is 1. The fraction of sp³-hybridized carbons (Fsp3) is 0.312. The highest BCUT2D eigenvalue weighted by molar-refractivity contribution is 8.01. The van der Waals surface area contributed by atoms with Crippen molar-refractivity contribution in [1.29, 1.82) is 0 Å². The standard InChI is InChI=1S/C16H16NO2S2/c1-17-15(20-16-12(18)8-5-9-13(16)19)10-14(21-17)11-6-3-2-4-7-11/h2-4,6-7,10,16H,5,8-9H2,1H3/q+1. The fourth-order valence-electron chi connectivity index (χ4n) is 2.40. The van der Waals surface area contributed by atoms with E-state index in [0.29, 0.717) is 19.3 Å². The Morgan fingerprint density at radius 1 is 1.14 bits per heavy atom. The summed E-state index contributed by atoms with van der Waals surface area (Å²) in [5.74, 6) is 0.146. The lowest BCUT2D eigenvalue weighted by Crippen LogP contribution is -2.33. The molecule has 108 valence electrons. The number of rotatable bonds is 3. The number of Topliss-reactive ketones (excluding diaryl/α,β-unsaturated/α-hetero) is 2. The van der Waals surface area contributed by atoms with E-state index in [1.807, 2.05) is 29.2 Å². The Morgan fingerprint density at radius 2 is 1.81 bits per heavy atom. The van der Waals surface area contributed by atoms with Crippen molar-refractivity contribution in [2.45, 2.75) is 29.5 Å². The third kappa shape index (κ3) is 3.09. The third-order valence-electron chi connectivity index (χ3n) is 3.53. The molecule has 0 saturated heterocycles. The summed E-state index contributed by atoms with van der Waals surface area (Å²) in [4.78, 5) is 25.0. The van der Waals surface area contributed by atoms with Crippen LogP contribution in [0.25, 0.3) is 10.4 Å². The second-order valence-electron chi connectivity index (χ2n) is 5.09. The van der Waals surface area contributed by atoms with Crippen LogP contribution in [-0.4, -0.2) is 16.8 Å². The first kappa shape index (κ1) is 14.5. The maximum absolute atomic E-state index is 11.9. The van der Waals surface area contributed by atoms with Gasteiger partial charge in [0.15, 0.2) is 18.6 Å². The van der Waals surface area contributed by atoms with Crippen molar-refractivity contribution in [3.05, 3.63) is 36.4 Å². The Kier molecular flexibility index (Phi) is 4.22. The molecule has 0 amide bonds. The first-order valence-electron chi connectivity index (χ1n) is 6.93. The molecular formula is C16H16NO2S2+. The number of hydrogen-bond acceptors (Lipinski definition) is 4. The smallest absolute Gasteiger partial charge is 0.255 e. The van der Waals surface area contributed by atoms with Crippen LogP contribution in [0.3, 0.4) is 0 Å². The fourth-order valence-corrected chi connectivity index (χ4v) is 4.63. The van der Waals surface area contributed by atoms with Gasteiger partial charge in [-0.1, -0.05) is 30.3 Å². The summed E-state index contributed by atoms with van der Waals surface area (Å²) < 4.78 is 2.03. The van der Waals surface area contributed by atoms with Crippen LogP contribution in [0.1, 0.15) is 19.3 Å². The minimum absolute atomic E-state index is 0.0729. The third-order valence-corrected chi connectivity index (χ3v) is 6.06. The molecule has 1 aliphatic carbocycles. The van der Waals surface area contributed by atoms with E-state index in [9.17, 15) is 9.59 Å². The van der Waals surface area contributed by atoms with Gasteiger partial charge in [0.1, 0.15) is 21.7 Å². The molecule has 1 heterocycles. The van der Waals surface area contributed by atoms with Crippen LogP contribution in [-0.2, 0) is 16.6 Å². The van der Waals surface area contributed by atoms with E-state index in [4.69, 9.17) is 0 Å². The van der Waals surface area contributed by atoms with Crippen LogP contribution in [0.5, 0.6) is 0 Å². The molecule has 1 aromatic heterocycles. The van der Waals surface area contributed by atoms with Crippen molar-refractivity contribution in [1.82, 2.24) is 0 Å². The molecule has 1 saturated carbocycles. The Hall–Kier alpha value is -1.46. The van der Waals surface area contributed by atoms with Crippen molar-refractivity contribution >= 4 is 34.9 Å². The molecule has 1 fully saturated rings. The predicted octanol–water partition coefficient (Wildman–Crippen LogP) is 3.02. The van der Waals surface area contributed by atoms with Crippen LogP contribution in [0.15, 0.2) is 41.4 Å². The second-order valence-corrected chi connectivity index (χ2v) is 7.38. The quantitative estimate of drug-likeness (QED) is 0.645. The molecule has 3 rings (SSSR count). The highest BCUT2D eigenvalue weighted by Crippen LogP contribution is 2.32. The molecule has 0 atom stereocenters. The van der Waals surface area contributed by atoms with E-state index in [0.717, 1.165) is 15.5 Å². The zero-order chi connectivity index (χ0) is 14.8. The number of benzene rings is 1. The largest absolute Gasteiger partial charge is 0.298 e. The number of thioether (sulfide) groups is 1. The van der Waals surface area contributed by atoms with Crippen molar-refractivity contribution in [3.63, 3.8) is 0 Å². The van der Waals surface area contributed by atoms with Crippen molar-refractivity contribution in [2.75, 3.05) is 0 Å². The summed E-state index contributed by atoms with van der Waals surface area (Å²) in [6, 6.07) is 12.2. The van der Waals surface area contributed by atoms with Gasteiger partial charge in [-0.05, 0) is 23.7 Å².